The van der Waals surface area contributed by atoms with E-state index >= 15 is 0 Å². The number of piperidine rings is 1. The number of pyridine rings is 1. The molecule has 1 aliphatic carbocycles. The number of rotatable bonds is 7. The predicted octanol–water partition coefficient (Wildman–Crippen LogP) is 4.81. The van der Waals surface area contributed by atoms with Crippen molar-refractivity contribution in [1.82, 2.24) is 9.88 Å². The number of aromatic nitrogens is 1. The molecule has 4 atom stereocenters. The first-order chi connectivity index (χ1) is 23.1. The van der Waals surface area contributed by atoms with Crippen molar-refractivity contribution in [2.45, 2.75) is 44.8 Å². The maximum absolute atomic E-state index is 14.0. The quantitative estimate of drug-likeness (QED) is 0.340. The Morgan fingerprint density at radius 1 is 1.06 bits per heavy atom. The molecule has 1 spiro atoms. The van der Waals surface area contributed by atoms with Gasteiger partial charge in [-0.15, -0.1) is 0 Å². The summed E-state index contributed by atoms with van der Waals surface area (Å²) in [5, 5.41) is 6.41. The first-order valence-electron chi connectivity index (χ1n) is 16.2. The molecule has 2 N–H and O–H groups in total. The van der Waals surface area contributed by atoms with Gasteiger partial charge in [-0.2, -0.15) is 0 Å². The number of carbonyl (C=O) groups excluding carboxylic acids is 3. The fourth-order valence-corrected chi connectivity index (χ4v) is 8.06. The van der Waals surface area contributed by atoms with Crippen LogP contribution in [0.15, 0.2) is 59.0 Å². The van der Waals surface area contributed by atoms with Crippen LogP contribution in [0.1, 0.15) is 59.0 Å². The Kier molecular flexibility index (Phi) is 7.98. The standard InChI is InChI=1S/C36H37ClN4O7/c1-5-38-35(45)21-9-10-26(40-16-20-12-22(18-40)25-7-6-8-30(43)41(25)17-20)24(13-21)39-23-11-19(2)36(29(42)14-23)34(44)31-27(46-3)15-28(47-4)32(37)33(31)48-36/h6-10,13-15,19-20,22,39H,5,11-12,16-18H2,1-4H3,(H,38,45)/t19-,20?,22?,36+/m1/s1. The minimum absolute atomic E-state index is 0.0257. The van der Waals surface area contributed by atoms with E-state index in [4.69, 9.17) is 25.8 Å². The van der Waals surface area contributed by atoms with Gasteiger partial charge in [-0.05, 0) is 49.9 Å². The maximum atomic E-state index is 14.0. The molecule has 1 aromatic heterocycles. The highest BCUT2D eigenvalue weighted by Crippen LogP contribution is 2.53. The number of benzene rings is 2. The number of ketones is 2. The molecule has 48 heavy (non-hydrogen) atoms. The van der Waals surface area contributed by atoms with E-state index in [0.717, 1.165) is 24.3 Å². The number of amides is 1. The number of allylic oxidation sites excluding steroid dienone is 1. The van der Waals surface area contributed by atoms with E-state index in [1.54, 1.807) is 25.1 Å². The third kappa shape index (κ3) is 4.94. The lowest BCUT2D eigenvalue weighted by Crippen LogP contribution is -2.55. The van der Waals surface area contributed by atoms with Crippen molar-refractivity contribution in [3.63, 3.8) is 0 Å². The molecule has 11 nitrogen and oxygen atoms in total. The Morgan fingerprint density at radius 3 is 2.58 bits per heavy atom. The van der Waals surface area contributed by atoms with Gasteiger partial charge in [0.1, 0.15) is 22.1 Å². The summed E-state index contributed by atoms with van der Waals surface area (Å²) in [4.78, 5) is 55.8. The molecule has 4 aliphatic rings. The maximum Gasteiger partial charge on any atom is 0.251 e. The second-order valence-electron chi connectivity index (χ2n) is 12.9. The summed E-state index contributed by atoms with van der Waals surface area (Å²) in [5.74, 6) is -0.814. The van der Waals surface area contributed by atoms with Crippen LogP contribution in [-0.4, -0.2) is 61.5 Å². The molecular weight excluding hydrogens is 636 g/mol. The number of nitrogens with zero attached hydrogens (tertiary/aromatic N) is 2. The normalized spacial score (nSPS) is 24.0. The first kappa shape index (κ1) is 31.8. The number of methoxy groups -OCH3 is 2. The number of Topliss-reactive ketones (excluding diaryl/α,β-unsaturated/α-hetero) is 1. The van der Waals surface area contributed by atoms with Gasteiger partial charge in [0.05, 0.1) is 25.6 Å². The lowest BCUT2D eigenvalue weighted by molar-refractivity contribution is -0.129. The molecule has 1 amide bonds. The zero-order chi connectivity index (χ0) is 33.9. The molecule has 12 heteroatoms. The lowest BCUT2D eigenvalue weighted by Gasteiger charge is -2.44. The number of hydrogen-bond acceptors (Lipinski definition) is 9. The van der Waals surface area contributed by atoms with Crippen LogP contribution >= 0.6 is 11.6 Å². The van der Waals surface area contributed by atoms with Gasteiger partial charge in [-0.3, -0.25) is 19.2 Å². The zero-order valence-corrected chi connectivity index (χ0v) is 28.0. The van der Waals surface area contributed by atoms with Crippen LogP contribution in [0.3, 0.4) is 0 Å². The Bertz CT molecular complexity index is 1950. The highest BCUT2D eigenvalue weighted by molar-refractivity contribution is 6.36. The molecular formula is C36H37ClN4O7. The van der Waals surface area contributed by atoms with Gasteiger partial charge < -0.3 is 34.3 Å². The van der Waals surface area contributed by atoms with E-state index in [-0.39, 0.29) is 51.1 Å². The van der Waals surface area contributed by atoms with Crippen molar-refractivity contribution in [1.29, 1.82) is 0 Å². The topological polar surface area (TPSA) is 128 Å². The van der Waals surface area contributed by atoms with Crippen molar-refractivity contribution in [3.05, 3.63) is 86.4 Å². The number of anilines is 2. The van der Waals surface area contributed by atoms with Gasteiger partial charge in [0, 0.05) is 73.2 Å². The van der Waals surface area contributed by atoms with E-state index in [0.29, 0.717) is 43.0 Å². The second kappa shape index (κ2) is 12.0. The number of carbonyl (C=O) groups is 3. The SMILES string of the molecule is CCNC(=O)c1ccc(N2CC3CC(C2)c2cccc(=O)n2C3)c(NC2=CC(=O)[C@@]3(Oc4c(Cl)c(OC)cc(OC)c4C3=O)[C@H](C)C2)c1. The number of hydrogen-bond donors (Lipinski definition) is 2. The Labute approximate surface area is 282 Å². The van der Waals surface area contributed by atoms with Crippen LogP contribution in [-0.2, 0) is 11.3 Å². The zero-order valence-electron chi connectivity index (χ0n) is 27.2. The largest absolute Gasteiger partial charge is 0.496 e. The van der Waals surface area contributed by atoms with E-state index in [9.17, 15) is 19.2 Å². The fourth-order valence-electron chi connectivity index (χ4n) is 7.80. The molecule has 1 fully saturated rings. The van der Waals surface area contributed by atoms with Crippen molar-refractivity contribution < 1.29 is 28.6 Å². The third-order valence-corrected chi connectivity index (χ3v) is 10.4. The molecule has 0 radical (unpaired) electrons. The summed E-state index contributed by atoms with van der Waals surface area (Å²) in [7, 11) is 2.87. The third-order valence-electron chi connectivity index (χ3n) is 10.0. The molecule has 250 valence electrons. The molecule has 2 unspecified atom stereocenters. The first-order valence-corrected chi connectivity index (χ1v) is 16.5. The van der Waals surface area contributed by atoms with Gasteiger partial charge in [0.25, 0.3) is 11.5 Å². The highest BCUT2D eigenvalue weighted by Gasteiger charge is 2.60. The van der Waals surface area contributed by atoms with Gasteiger partial charge in [-0.1, -0.05) is 24.6 Å². The van der Waals surface area contributed by atoms with E-state index < -0.39 is 23.1 Å². The summed E-state index contributed by atoms with van der Waals surface area (Å²) >= 11 is 6.56. The van der Waals surface area contributed by atoms with Gasteiger partial charge in [0.15, 0.2) is 5.75 Å². The molecule has 2 bridgehead atoms. The monoisotopic (exact) mass is 672 g/mol. The summed E-state index contributed by atoms with van der Waals surface area (Å²) < 4.78 is 18.9. The van der Waals surface area contributed by atoms with Gasteiger partial charge in [0.2, 0.25) is 17.2 Å². The van der Waals surface area contributed by atoms with Crippen molar-refractivity contribution in [3.8, 4) is 17.2 Å². The average Bonchev–Trinajstić information content (AvgIpc) is 3.39. The van der Waals surface area contributed by atoms with Crippen molar-refractivity contribution >= 4 is 40.4 Å². The molecule has 0 saturated carbocycles. The molecule has 4 heterocycles. The smallest absolute Gasteiger partial charge is 0.251 e. The number of nitrogens with one attached hydrogen (secondary N) is 2. The summed E-state index contributed by atoms with van der Waals surface area (Å²) in [6.45, 7) is 6.22. The summed E-state index contributed by atoms with van der Waals surface area (Å²) in [6.07, 6.45) is 2.71. The number of halogens is 1. The van der Waals surface area contributed by atoms with Crippen molar-refractivity contribution in [2.24, 2.45) is 11.8 Å². The van der Waals surface area contributed by atoms with E-state index in [1.165, 1.54) is 26.4 Å². The second-order valence-corrected chi connectivity index (χ2v) is 13.3. The summed E-state index contributed by atoms with van der Waals surface area (Å²) in [6, 6.07) is 12.5. The lowest BCUT2D eigenvalue weighted by atomic mass is 9.74. The minimum atomic E-state index is -1.81. The molecule has 7 rings (SSSR count). The Hall–Kier alpha value is -4.77. The van der Waals surface area contributed by atoms with Gasteiger partial charge >= 0.3 is 0 Å². The molecule has 1 saturated heterocycles. The van der Waals surface area contributed by atoms with Crippen LogP contribution in [0, 0.1) is 11.8 Å². The molecule has 2 aromatic carbocycles. The Balaban J connectivity index is 1.22. The van der Waals surface area contributed by atoms with Crippen LogP contribution in [0.5, 0.6) is 17.2 Å². The van der Waals surface area contributed by atoms with Gasteiger partial charge in [-0.25, -0.2) is 0 Å². The summed E-state index contributed by atoms with van der Waals surface area (Å²) in [5.41, 5.74) is 1.99. The van der Waals surface area contributed by atoms with Crippen LogP contribution in [0.25, 0.3) is 0 Å². The van der Waals surface area contributed by atoms with E-state index in [2.05, 4.69) is 15.5 Å². The van der Waals surface area contributed by atoms with Crippen LogP contribution in [0.2, 0.25) is 5.02 Å². The highest BCUT2D eigenvalue weighted by atomic mass is 35.5. The number of ether oxygens (including phenoxy) is 3. The predicted molar refractivity (Wildman–Crippen MR) is 181 cm³/mol. The molecule has 3 aliphatic heterocycles. The minimum Gasteiger partial charge on any atom is -0.496 e. The van der Waals surface area contributed by atoms with E-state index in [1.807, 2.05) is 29.7 Å². The fraction of sp³-hybridized carbons (Fsp3) is 0.389. The van der Waals surface area contributed by atoms with Crippen LogP contribution in [0.4, 0.5) is 11.4 Å². The molecule has 3 aromatic rings. The average molecular weight is 673 g/mol. The van der Waals surface area contributed by atoms with Crippen LogP contribution < -0.4 is 35.3 Å². The van der Waals surface area contributed by atoms with Crippen molar-refractivity contribution in [2.75, 3.05) is 44.1 Å². The Morgan fingerprint density at radius 2 is 1.85 bits per heavy atom. The number of fused-ring (bicyclic) bond motifs is 5.